The third-order valence-electron chi connectivity index (χ3n) is 3.91. The van der Waals surface area contributed by atoms with Gasteiger partial charge in [0.05, 0.1) is 12.3 Å². The number of hydrogen-bond acceptors (Lipinski definition) is 3. The van der Waals surface area contributed by atoms with Gasteiger partial charge in [-0.05, 0) is 49.4 Å². The minimum absolute atomic E-state index is 0.0478. The van der Waals surface area contributed by atoms with Crippen LogP contribution in [0.3, 0.4) is 0 Å². The molecule has 1 unspecified atom stereocenters. The molecule has 4 heteroatoms. The normalized spacial score (nSPS) is 19.2. The third kappa shape index (κ3) is 2.49. The molecule has 0 radical (unpaired) electrons. The molecule has 0 spiro atoms. The van der Waals surface area contributed by atoms with Crippen molar-refractivity contribution in [1.82, 2.24) is 9.78 Å². The topological polar surface area (TPSA) is 47.3 Å². The zero-order valence-corrected chi connectivity index (χ0v) is 11.7. The molecular formula is C16H20N2O2. The molecule has 106 valence electrons. The predicted molar refractivity (Wildman–Crippen MR) is 77.2 cm³/mol. The summed E-state index contributed by atoms with van der Waals surface area (Å²) < 4.78 is 7.80. The third-order valence-corrected chi connectivity index (χ3v) is 3.91. The smallest absolute Gasteiger partial charge is 0.150 e. The van der Waals surface area contributed by atoms with Gasteiger partial charge in [-0.1, -0.05) is 12.1 Å². The number of rotatable bonds is 3. The standard InChI is InChI=1S/C16H20N2O2/c1-12-10-13(5-6-14(12)11-19)15-7-8-17-18(15)16-4-2-3-9-20-16/h5-8,10,16,19H,2-4,9,11H2,1H3. The molecule has 2 aromatic rings. The molecule has 20 heavy (non-hydrogen) atoms. The van der Waals surface area contributed by atoms with Crippen LogP contribution in [0.4, 0.5) is 0 Å². The van der Waals surface area contributed by atoms with E-state index in [1.807, 2.05) is 36.0 Å². The molecule has 1 N–H and O–H groups in total. The summed E-state index contributed by atoms with van der Waals surface area (Å²) in [4.78, 5) is 0. The van der Waals surface area contributed by atoms with Gasteiger partial charge in [0, 0.05) is 18.4 Å². The van der Waals surface area contributed by atoms with Crippen molar-refractivity contribution in [2.24, 2.45) is 0 Å². The lowest BCUT2D eigenvalue weighted by atomic mass is 10.0. The van der Waals surface area contributed by atoms with Crippen molar-refractivity contribution in [3.63, 3.8) is 0 Å². The van der Waals surface area contributed by atoms with E-state index in [1.165, 1.54) is 6.42 Å². The Morgan fingerprint density at radius 1 is 1.35 bits per heavy atom. The van der Waals surface area contributed by atoms with E-state index in [9.17, 15) is 5.11 Å². The largest absolute Gasteiger partial charge is 0.392 e. The first kappa shape index (κ1) is 13.3. The van der Waals surface area contributed by atoms with E-state index in [0.29, 0.717) is 0 Å². The number of nitrogens with zero attached hydrogens (tertiary/aromatic N) is 2. The summed E-state index contributed by atoms with van der Waals surface area (Å²) in [5, 5.41) is 13.7. The number of benzene rings is 1. The maximum absolute atomic E-state index is 9.26. The Hall–Kier alpha value is -1.65. The van der Waals surface area contributed by atoms with Gasteiger partial charge in [0.25, 0.3) is 0 Å². The second-order valence-corrected chi connectivity index (χ2v) is 5.28. The average Bonchev–Trinajstić information content (AvgIpc) is 2.97. The van der Waals surface area contributed by atoms with Crippen LogP contribution in [0.25, 0.3) is 11.3 Å². The molecule has 4 nitrogen and oxygen atoms in total. The summed E-state index contributed by atoms with van der Waals surface area (Å²) in [5.74, 6) is 0. The molecule has 0 bridgehead atoms. The van der Waals surface area contributed by atoms with Crippen LogP contribution in [-0.2, 0) is 11.3 Å². The second kappa shape index (κ2) is 5.77. The Morgan fingerprint density at radius 3 is 2.95 bits per heavy atom. The molecule has 1 aromatic heterocycles. The van der Waals surface area contributed by atoms with Gasteiger partial charge < -0.3 is 9.84 Å². The number of hydrogen-bond donors (Lipinski definition) is 1. The predicted octanol–water partition coefficient (Wildman–Crippen LogP) is 3.05. The Kier molecular flexibility index (Phi) is 3.85. The molecule has 1 atom stereocenters. The zero-order chi connectivity index (χ0) is 13.9. The van der Waals surface area contributed by atoms with Gasteiger partial charge in [-0.25, -0.2) is 4.68 Å². The van der Waals surface area contributed by atoms with E-state index in [0.717, 1.165) is 41.8 Å². The van der Waals surface area contributed by atoms with E-state index in [1.54, 1.807) is 0 Å². The lowest BCUT2D eigenvalue weighted by Gasteiger charge is -2.24. The highest BCUT2D eigenvalue weighted by atomic mass is 16.5. The summed E-state index contributed by atoms with van der Waals surface area (Å²) in [7, 11) is 0. The van der Waals surface area contributed by atoms with Crippen molar-refractivity contribution in [1.29, 1.82) is 0 Å². The Balaban J connectivity index is 1.94. The minimum Gasteiger partial charge on any atom is -0.392 e. The van der Waals surface area contributed by atoms with Gasteiger partial charge in [0.15, 0.2) is 6.23 Å². The quantitative estimate of drug-likeness (QED) is 0.934. The van der Waals surface area contributed by atoms with Crippen molar-refractivity contribution in [2.75, 3.05) is 6.61 Å². The van der Waals surface area contributed by atoms with Gasteiger partial charge >= 0.3 is 0 Å². The number of aliphatic hydroxyl groups excluding tert-OH is 1. The van der Waals surface area contributed by atoms with Crippen LogP contribution in [0.2, 0.25) is 0 Å². The molecule has 1 aliphatic rings. The molecule has 1 aliphatic heterocycles. The molecular weight excluding hydrogens is 252 g/mol. The lowest BCUT2D eigenvalue weighted by molar-refractivity contribution is -0.0383. The molecule has 1 aromatic carbocycles. The molecule has 2 heterocycles. The highest BCUT2D eigenvalue weighted by molar-refractivity contribution is 5.61. The minimum atomic E-state index is 0.0478. The average molecular weight is 272 g/mol. The van der Waals surface area contributed by atoms with Crippen molar-refractivity contribution < 1.29 is 9.84 Å². The summed E-state index contributed by atoms with van der Waals surface area (Å²) in [6.07, 6.45) is 5.21. The van der Waals surface area contributed by atoms with Gasteiger partial charge in [-0.15, -0.1) is 0 Å². The highest BCUT2D eigenvalue weighted by Crippen LogP contribution is 2.29. The molecule has 0 saturated carbocycles. The monoisotopic (exact) mass is 272 g/mol. The van der Waals surface area contributed by atoms with E-state index >= 15 is 0 Å². The molecule has 0 aliphatic carbocycles. The number of ether oxygens (including phenoxy) is 1. The second-order valence-electron chi connectivity index (χ2n) is 5.28. The van der Waals surface area contributed by atoms with Crippen molar-refractivity contribution in [3.8, 4) is 11.3 Å². The SMILES string of the molecule is Cc1cc(-c2ccnn2C2CCCCO2)ccc1CO. The van der Waals surface area contributed by atoms with Crippen LogP contribution >= 0.6 is 0 Å². The summed E-state index contributed by atoms with van der Waals surface area (Å²) >= 11 is 0. The summed E-state index contributed by atoms with van der Waals surface area (Å²) in [5.41, 5.74) is 4.26. The zero-order valence-electron chi connectivity index (χ0n) is 11.7. The fourth-order valence-corrected chi connectivity index (χ4v) is 2.72. The van der Waals surface area contributed by atoms with Gasteiger partial charge in [0.2, 0.25) is 0 Å². The lowest BCUT2D eigenvalue weighted by Crippen LogP contribution is -2.19. The first-order valence-electron chi connectivity index (χ1n) is 7.15. The van der Waals surface area contributed by atoms with Crippen LogP contribution in [0.5, 0.6) is 0 Å². The van der Waals surface area contributed by atoms with Crippen LogP contribution in [0.1, 0.15) is 36.6 Å². The van der Waals surface area contributed by atoms with Gasteiger partial charge in [0.1, 0.15) is 0 Å². The fraction of sp³-hybridized carbons (Fsp3) is 0.438. The maximum atomic E-state index is 9.26. The number of aryl methyl sites for hydroxylation is 1. The van der Waals surface area contributed by atoms with E-state index < -0.39 is 0 Å². The first-order valence-corrected chi connectivity index (χ1v) is 7.15. The highest BCUT2D eigenvalue weighted by Gasteiger charge is 2.19. The van der Waals surface area contributed by atoms with Gasteiger partial charge in [-0.2, -0.15) is 5.10 Å². The first-order chi connectivity index (χ1) is 9.79. The molecule has 1 saturated heterocycles. The van der Waals surface area contributed by atoms with E-state index in [-0.39, 0.29) is 12.8 Å². The Morgan fingerprint density at radius 2 is 2.25 bits per heavy atom. The van der Waals surface area contributed by atoms with Crippen molar-refractivity contribution in [3.05, 3.63) is 41.6 Å². The number of aliphatic hydroxyl groups is 1. The Bertz CT molecular complexity index is 586. The fourth-order valence-electron chi connectivity index (χ4n) is 2.72. The Labute approximate surface area is 119 Å². The number of aromatic nitrogens is 2. The van der Waals surface area contributed by atoms with E-state index in [4.69, 9.17) is 4.74 Å². The molecule has 3 rings (SSSR count). The molecule has 0 amide bonds. The van der Waals surface area contributed by atoms with Crippen molar-refractivity contribution >= 4 is 0 Å². The maximum Gasteiger partial charge on any atom is 0.150 e. The summed E-state index contributed by atoms with van der Waals surface area (Å²) in [6, 6.07) is 8.13. The van der Waals surface area contributed by atoms with Crippen LogP contribution in [0.15, 0.2) is 30.5 Å². The van der Waals surface area contributed by atoms with Crippen molar-refractivity contribution in [2.45, 2.75) is 39.0 Å². The van der Waals surface area contributed by atoms with Gasteiger partial charge in [-0.3, -0.25) is 0 Å². The van der Waals surface area contributed by atoms with Crippen LogP contribution in [-0.4, -0.2) is 21.5 Å². The van der Waals surface area contributed by atoms with Crippen LogP contribution < -0.4 is 0 Å². The molecule has 1 fully saturated rings. The van der Waals surface area contributed by atoms with Crippen LogP contribution in [0, 0.1) is 6.92 Å². The summed E-state index contributed by atoms with van der Waals surface area (Å²) in [6.45, 7) is 2.91. The van der Waals surface area contributed by atoms with E-state index in [2.05, 4.69) is 11.2 Å².